The lowest BCUT2D eigenvalue weighted by Gasteiger charge is -2.22. The maximum absolute atomic E-state index is 12.8. The van der Waals surface area contributed by atoms with Crippen LogP contribution in [0.1, 0.15) is 38.9 Å². The number of halogens is 1. The molecule has 0 aliphatic heterocycles. The van der Waals surface area contributed by atoms with Gasteiger partial charge < -0.3 is 20.2 Å². The summed E-state index contributed by atoms with van der Waals surface area (Å²) in [6.45, 7) is -0.182. The Bertz CT molecular complexity index is 1080. The lowest BCUT2D eigenvalue weighted by atomic mass is 9.94. The van der Waals surface area contributed by atoms with Crippen molar-refractivity contribution in [2.24, 2.45) is 5.73 Å². The molecule has 0 saturated carbocycles. The van der Waals surface area contributed by atoms with E-state index in [1.165, 1.54) is 6.07 Å². The number of fused-ring (bicyclic) bond motifs is 2. The highest BCUT2D eigenvalue weighted by molar-refractivity contribution is 6.29. The van der Waals surface area contributed by atoms with Gasteiger partial charge in [0.05, 0.1) is 6.04 Å². The number of amides is 2. The number of nitrogens with two attached hydrogens (primary N) is 1. The molecule has 0 bridgehead atoms. The quantitative estimate of drug-likeness (QED) is 0.673. The maximum Gasteiger partial charge on any atom is 0.287 e. The van der Waals surface area contributed by atoms with E-state index in [1.54, 1.807) is 12.1 Å². The molecule has 2 aromatic carbocycles. The third kappa shape index (κ3) is 4.12. The molecule has 0 radical (unpaired) electrons. The first-order chi connectivity index (χ1) is 14.0. The Hall–Kier alpha value is -3.25. The van der Waals surface area contributed by atoms with Crippen molar-refractivity contribution in [3.8, 4) is 5.75 Å². The molecule has 4 rings (SSSR count). The summed E-state index contributed by atoms with van der Waals surface area (Å²) in [5.74, 6) is -0.163. The van der Waals surface area contributed by atoms with Crippen LogP contribution in [0, 0.1) is 0 Å². The Morgan fingerprint density at radius 3 is 2.59 bits per heavy atom. The summed E-state index contributed by atoms with van der Waals surface area (Å²) in [5, 5.41) is 3.22. The van der Waals surface area contributed by atoms with Gasteiger partial charge >= 0.3 is 0 Å². The number of ether oxygens (including phenoxy) is 1. The summed E-state index contributed by atoms with van der Waals surface area (Å²) in [4.78, 5) is 23.8. The molecule has 1 unspecified atom stereocenters. The largest absolute Gasteiger partial charge is 0.484 e. The predicted octanol–water partition coefficient (Wildman–Crippen LogP) is 3.42. The van der Waals surface area contributed by atoms with Crippen LogP contribution in [0.2, 0.25) is 5.22 Å². The second kappa shape index (κ2) is 8.01. The molecule has 148 valence electrons. The standard InChI is InChI=1S/C22H19ClN2O4/c23-19-10-9-18(29-19)22(27)25-21-16-4-2-1-3-13(16)5-6-14-11-15(7-8-17(14)21)28-12-20(24)26/h1-4,7-11,21H,5-6,12H2,(H2,24,26)(H,25,27). The van der Waals surface area contributed by atoms with E-state index < -0.39 is 5.91 Å². The van der Waals surface area contributed by atoms with Crippen LogP contribution < -0.4 is 15.8 Å². The highest BCUT2D eigenvalue weighted by atomic mass is 35.5. The van der Waals surface area contributed by atoms with Crippen molar-refractivity contribution in [1.29, 1.82) is 0 Å². The van der Waals surface area contributed by atoms with Gasteiger partial charge in [-0.05, 0) is 71.0 Å². The van der Waals surface area contributed by atoms with Crippen molar-refractivity contribution in [3.63, 3.8) is 0 Å². The zero-order valence-corrected chi connectivity index (χ0v) is 16.2. The number of hydrogen-bond acceptors (Lipinski definition) is 4. The zero-order chi connectivity index (χ0) is 20.4. The molecule has 29 heavy (non-hydrogen) atoms. The van der Waals surface area contributed by atoms with Crippen LogP contribution in [-0.2, 0) is 17.6 Å². The molecule has 3 N–H and O–H groups in total. The molecule has 0 spiro atoms. The Balaban J connectivity index is 1.70. The average molecular weight is 411 g/mol. The topological polar surface area (TPSA) is 94.6 Å². The minimum atomic E-state index is -0.533. The third-order valence-corrected chi connectivity index (χ3v) is 5.11. The smallest absolute Gasteiger partial charge is 0.287 e. The van der Waals surface area contributed by atoms with Crippen molar-refractivity contribution >= 4 is 23.4 Å². The van der Waals surface area contributed by atoms with E-state index in [0.717, 1.165) is 35.1 Å². The molecule has 1 heterocycles. The van der Waals surface area contributed by atoms with Gasteiger partial charge in [0.1, 0.15) is 5.75 Å². The van der Waals surface area contributed by atoms with Gasteiger partial charge in [-0.1, -0.05) is 30.3 Å². The van der Waals surface area contributed by atoms with E-state index in [0.29, 0.717) is 5.75 Å². The van der Waals surface area contributed by atoms with Gasteiger partial charge in [-0.15, -0.1) is 0 Å². The lowest BCUT2D eigenvalue weighted by molar-refractivity contribution is -0.119. The van der Waals surface area contributed by atoms with E-state index in [9.17, 15) is 9.59 Å². The van der Waals surface area contributed by atoms with Gasteiger partial charge in [-0.3, -0.25) is 9.59 Å². The van der Waals surface area contributed by atoms with Crippen molar-refractivity contribution in [1.82, 2.24) is 5.32 Å². The van der Waals surface area contributed by atoms with Crippen LogP contribution in [-0.4, -0.2) is 18.4 Å². The van der Waals surface area contributed by atoms with Gasteiger partial charge in [-0.2, -0.15) is 0 Å². The average Bonchev–Trinajstić information content (AvgIpc) is 3.09. The molecule has 3 aromatic rings. The molecule has 0 fully saturated rings. The van der Waals surface area contributed by atoms with Crippen LogP contribution in [0.25, 0.3) is 0 Å². The summed E-state index contributed by atoms with van der Waals surface area (Å²) in [6.07, 6.45) is 1.60. The fourth-order valence-electron chi connectivity index (χ4n) is 3.60. The zero-order valence-electron chi connectivity index (χ0n) is 15.5. The minimum absolute atomic E-state index is 0.152. The third-order valence-electron chi connectivity index (χ3n) is 4.91. The van der Waals surface area contributed by atoms with Crippen LogP contribution in [0.3, 0.4) is 0 Å². The molecule has 1 atom stereocenters. The number of benzene rings is 2. The van der Waals surface area contributed by atoms with Gasteiger partial charge in [-0.25, -0.2) is 0 Å². The molecule has 1 aromatic heterocycles. The molecular weight excluding hydrogens is 392 g/mol. The van der Waals surface area contributed by atoms with Crippen molar-refractivity contribution in [2.45, 2.75) is 18.9 Å². The fraction of sp³-hybridized carbons (Fsp3) is 0.182. The summed E-state index contributed by atoms with van der Waals surface area (Å²) in [5.41, 5.74) is 9.35. The highest BCUT2D eigenvalue weighted by Crippen LogP contribution is 2.34. The van der Waals surface area contributed by atoms with E-state index in [2.05, 4.69) is 11.4 Å². The summed E-state index contributed by atoms with van der Waals surface area (Å²) >= 11 is 5.81. The van der Waals surface area contributed by atoms with E-state index in [4.69, 9.17) is 26.5 Å². The molecule has 1 aliphatic carbocycles. The summed E-state index contributed by atoms with van der Waals surface area (Å²) in [6, 6.07) is 16.3. The molecule has 0 saturated heterocycles. The highest BCUT2D eigenvalue weighted by Gasteiger charge is 2.26. The van der Waals surface area contributed by atoms with E-state index in [1.807, 2.05) is 30.3 Å². The van der Waals surface area contributed by atoms with Gasteiger partial charge in [0.25, 0.3) is 11.8 Å². The Morgan fingerprint density at radius 1 is 1.07 bits per heavy atom. The number of primary amides is 1. The number of carbonyl (C=O) groups excluding carboxylic acids is 2. The number of carbonyl (C=O) groups is 2. The Kier molecular flexibility index (Phi) is 5.27. The maximum atomic E-state index is 12.8. The Labute approximate surface area is 172 Å². The van der Waals surface area contributed by atoms with Crippen molar-refractivity contribution in [3.05, 3.63) is 87.8 Å². The summed E-state index contributed by atoms with van der Waals surface area (Å²) < 4.78 is 10.7. The normalized spacial score (nSPS) is 15.0. The first-order valence-corrected chi connectivity index (χ1v) is 9.57. The van der Waals surface area contributed by atoms with E-state index in [-0.39, 0.29) is 29.5 Å². The Morgan fingerprint density at radius 2 is 1.83 bits per heavy atom. The predicted molar refractivity (Wildman–Crippen MR) is 108 cm³/mol. The number of rotatable bonds is 5. The van der Waals surface area contributed by atoms with Gasteiger partial charge in [0, 0.05) is 0 Å². The lowest BCUT2D eigenvalue weighted by Crippen LogP contribution is -2.29. The number of nitrogens with one attached hydrogen (secondary N) is 1. The number of furan rings is 1. The SMILES string of the molecule is NC(=O)COc1ccc2c(c1)CCc1ccccc1C2NC(=O)c1ccc(Cl)o1. The van der Waals surface area contributed by atoms with Crippen LogP contribution in [0.5, 0.6) is 5.75 Å². The van der Waals surface area contributed by atoms with Gasteiger partial charge in [0.15, 0.2) is 17.6 Å². The molecule has 2 amide bonds. The number of aryl methyl sites for hydroxylation is 2. The second-order valence-electron chi connectivity index (χ2n) is 6.82. The van der Waals surface area contributed by atoms with Crippen LogP contribution in [0.15, 0.2) is 59.0 Å². The van der Waals surface area contributed by atoms with Crippen LogP contribution >= 0.6 is 11.6 Å². The summed E-state index contributed by atoms with van der Waals surface area (Å²) in [7, 11) is 0. The monoisotopic (exact) mass is 410 g/mol. The van der Waals surface area contributed by atoms with Crippen molar-refractivity contribution < 1.29 is 18.7 Å². The minimum Gasteiger partial charge on any atom is -0.484 e. The first kappa shape index (κ1) is 19.1. The van der Waals surface area contributed by atoms with E-state index >= 15 is 0 Å². The molecule has 6 nitrogen and oxygen atoms in total. The van der Waals surface area contributed by atoms with Crippen molar-refractivity contribution in [2.75, 3.05) is 6.61 Å². The first-order valence-electron chi connectivity index (χ1n) is 9.19. The molecule has 7 heteroatoms. The number of hydrogen-bond donors (Lipinski definition) is 2. The molecule has 1 aliphatic rings. The van der Waals surface area contributed by atoms with Crippen LogP contribution in [0.4, 0.5) is 0 Å². The fourth-order valence-corrected chi connectivity index (χ4v) is 3.75. The molecular formula is C22H19ClN2O4. The second-order valence-corrected chi connectivity index (χ2v) is 7.20. The van der Waals surface area contributed by atoms with Gasteiger partial charge in [0.2, 0.25) is 0 Å².